The Labute approximate surface area is 263 Å². The number of hydrogen-bond acceptors (Lipinski definition) is 7. The van der Waals surface area contributed by atoms with Crippen LogP contribution in [0.4, 0.5) is 11.4 Å². The Kier molecular flexibility index (Phi) is 5.74. The summed E-state index contributed by atoms with van der Waals surface area (Å²) in [6.07, 6.45) is 0. The van der Waals surface area contributed by atoms with E-state index in [4.69, 9.17) is 17.3 Å². The molecule has 6 aromatic rings. The molecular weight excluding hydrogens is 606 g/mol. The lowest BCUT2D eigenvalue weighted by atomic mass is 9.82. The first-order valence-corrected chi connectivity index (χ1v) is 14.5. The molecule has 8 rings (SSSR count). The topological polar surface area (TPSA) is 156 Å². The van der Waals surface area contributed by atoms with Gasteiger partial charge in [0.2, 0.25) is 0 Å². The number of hydrogen-bond donors (Lipinski definition) is 3. The van der Waals surface area contributed by atoms with Gasteiger partial charge in [-0.3, -0.25) is 28.8 Å². The number of carbonyl (C=O) groups is 5. The first kappa shape index (κ1) is 27.4. The quantitative estimate of drug-likeness (QED) is 0.164. The smallest absolute Gasteiger partial charge is 0.257 e. The van der Waals surface area contributed by atoms with Crippen LogP contribution in [0.15, 0.2) is 89.7 Å². The Bertz CT molecular complexity index is 2550. The normalized spacial score (nSPS) is 13.3. The minimum atomic E-state index is -0.731. The third kappa shape index (κ3) is 3.63. The molecule has 46 heavy (non-hydrogen) atoms. The van der Waals surface area contributed by atoms with Crippen molar-refractivity contribution in [1.82, 2.24) is 4.98 Å². The summed E-state index contributed by atoms with van der Waals surface area (Å²) in [5, 5.41) is 2.98. The summed E-state index contributed by atoms with van der Waals surface area (Å²) in [7, 11) is 0. The first-order chi connectivity index (χ1) is 22.2. The number of aromatic amines is 1. The zero-order valence-electron chi connectivity index (χ0n) is 23.5. The average molecular weight is 624 g/mol. The van der Waals surface area contributed by atoms with Gasteiger partial charge in [0, 0.05) is 38.8 Å². The molecule has 0 atom stereocenters. The number of anilines is 2. The van der Waals surface area contributed by atoms with Gasteiger partial charge in [-0.15, -0.1) is 0 Å². The minimum Gasteiger partial charge on any atom is -0.397 e. The van der Waals surface area contributed by atoms with E-state index in [0.717, 1.165) is 0 Å². The fourth-order valence-corrected chi connectivity index (χ4v) is 6.61. The van der Waals surface area contributed by atoms with Crippen molar-refractivity contribution in [2.45, 2.75) is 0 Å². The molecule has 0 unspecified atom stereocenters. The molecule has 5 aromatic carbocycles. The molecule has 10 heteroatoms. The van der Waals surface area contributed by atoms with Gasteiger partial charge in [-0.05, 0) is 36.4 Å². The molecule has 2 aliphatic rings. The highest BCUT2D eigenvalue weighted by Gasteiger charge is 2.34. The first-order valence-electron chi connectivity index (χ1n) is 14.1. The molecule has 1 heterocycles. The van der Waals surface area contributed by atoms with E-state index in [1.165, 1.54) is 42.5 Å². The lowest BCUT2D eigenvalue weighted by Crippen LogP contribution is -2.25. The van der Waals surface area contributed by atoms with Crippen molar-refractivity contribution < 1.29 is 24.0 Å². The second-order valence-corrected chi connectivity index (χ2v) is 11.4. The lowest BCUT2D eigenvalue weighted by Gasteiger charge is -2.21. The Morgan fingerprint density at radius 2 is 1.15 bits per heavy atom. The number of halogens is 1. The van der Waals surface area contributed by atoms with Crippen LogP contribution >= 0.6 is 11.6 Å². The fourth-order valence-electron chi connectivity index (χ4n) is 6.40. The molecule has 0 bridgehead atoms. The number of pyridine rings is 1. The Hall–Kier alpha value is -6.19. The fraction of sp³-hybridized carbons (Fsp3) is 0. The van der Waals surface area contributed by atoms with E-state index in [1.807, 2.05) is 0 Å². The number of nitrogens with two attached hydrogens (primary N) is 1. The van der Waals surface area contributed by atoms with Gasteiger partial charge in [-0.25, -0.2) is 0 Å². The highest BCUT2D eigenvalue weighted by atomic mass is 35.5. The van der Waals surface area contributed by atoms with Gasteiger partial charge >= 0.3 is 0 Å². The third-order valence-corrected chi connectivity index (χ3v) is 8.91. The van der Waals surface area contributed by atoms with Crippen molar-refractivity contribution in [2.75, 3.05) is 11.1 Å². The summed E-state index contributed by atoms with van der Waals surface area (Å²) in [6.45, 7) is 0. The molecule has 2 aliphatic carbocycles. The van der Waals surface area contributed by atoms with Crippen LogP contribution < -0.4 is 16.5 Å². The standard InChI is InChI=1S/C36H18ClN3O6/c37-23-13-14-24(39-36(46)21-11-9-19-25(28(21)38)33(43)17-7-3-1-5-15(17)31(19)41)27-30(23)40-29-22(35(27)45)12-10-20-26(29)34(44)18-8-4-2-6-16(18)32(20)42/h1-14H,38H2,(H,39,46)(H,40,45). The van der Waals surface area contributed by atoms with Crippen molar-refractivity contribution in [3.05, 3.63) is 150 Å². The molecule has 0 spiro atoms. The van der Waals surface area contributed by atoms with Crippen molar-refractivity contribution in [1.29, 1.82) is 0 Å². The monoisotopic (exact) mass is 623 g/mol. The van der Waals surface area contributed by atoms with Crippen LogP contribution in [0.1, 0.15) is 74.0 Å². The number of ketones is 4. The maximum absolute atomic E-state index is 14.0. The van der Waals surface area contributed by atoms with Gasteiger partial charge in [-0.2, -0.15) is 0 Å². The number of H-pyrrole nitrogens is 1. The molecule has 1 aromatic heterocycles. The highest BCUT2D eigenvalue weighted by Crippen LogP contribution is 2.36. The number of nitrogen functional groups attached to an aromatic ring is 1. The largest absolute Gasteiger partial charge is 0.397 e. The Morgan fingerprint density at radius 1 is 0.609 bits per heavy atom. The van der Waals surface area contributed by atoms with E-state index in [0.29, 0.717) is 0 Å². The van der Waals surface area contributed by atoms with Crippen LogP contribution in [-0.4, -0.2) is 34.0 Å². The number of nitrogens with one attached hydrogen (secondary N) is 2. The molecule has 1 amide bonds. The van der Waals surface area contributed by atoms with E-state index in [9.17, 15) is 28.8 Å². The summed E-state index contributed by atoms with van der Waals surface area (Å²) < 4.78 is 0. The van der Waals surface area contributed by atoms with Gasteiger partial charge in [0.15, 0.2) is 28.6 Å². The maximum atomic E-state index is 14.0. The summed E-state index contributed by atoms with van der Waals surface area (Å²) in [5.74, 6) is -2.34. The molecule has 0 saturated heterocycles. The van der Waals surface area contributed by atoms with Crippen LogP contribution in [0.25, 0.3) is 21.8 Å². The number of amides is 1. The van der Waals surface area contributed by atoms with Crippen LogP contribution in [0.5, 0.6) is 0 Å². The summed E-state index contributed by atoms with van der Waals surface area (Å²) in [4.78, 5) is 84.0. The van der Waals surface area contributed by atoms with Crippen LogP contribution in [-0.2, 0) is 0 Å². The van der Waals surface area contributed by atoms with Crippen LogP contribution in [0.3, 0.4) is 0 Å². The van der Waals surface area contributed by atoms with Gasteiger partial charge < -0.3 is 16.0 Å². The van der Waals surface area contributed by atoms with E-state index in [-0.39, 0.29) is 99.8 Å². The zero-order valence-corrected chi connectivity index (χ0v) is 24.2. The van der Waals surface area contributed by atoms with Crippen molar-refractivity contribution >= 4 is 73.8 Å². The van der Waals surface area contributed by atoms with E-state index in [2.05, 4.69) is 10.3 Å². The second-order valence-electron chi connectivity index (χ2n) is 11.0. The SMILES string of the molecule is Nc1c(C(=O)Nc2ccc(Cl)c3[nH]c4c5c(ccc4c(=O)c23)C(=O)c2ccccc2C5=O)ccc2c1C(=O)c1ccccc1C2=O. The van der Waals surface area contributed by atoms with Gasteiger partial charge in [0.25, 0.3) is 5.91 Å². The van der Waals surface area contributed by atoms with Crippen LogP contribution in [0, 0.1) is 0 Å². The van der Waals surface area contributed by atoms with Crippen LogP contribution in [0.2, 0.25) is 5.02 Å². The van der Waals surface area contributed by atoms with Gasteiger partial charge in [0.1, 0.15) is 0 Å². The zero-order chi connectivity index (χ0) is 32.0. The average Bonchev–Trinajstić information content (AvgIpc) is 3.07. The van der Waals surface area contributed by atoms with E-state index >= 15 is 0 Å². The maximum Gasteiger partial charge on any atom is 0.257 e. The number of aromatic nitrogens is 1. The molecule has 0 radical (unpaired) electrons. The highest BCUT2D eigenvalue weighted by molar-refractivity contribution is 6.37. The lowest BCUT2D eigenvalue weighted by molar-refractivity contribution is 0.0978. The summed E-state index contributed by atoms with van der Waals surface area (Å²) in [5.41, 5.74) is 7.15. The van der Waals surface area contributed by atoms with Crippen molar-refractivity contribution in [2.24, 2.45) is 0 Å². The molecule has 4 N–H and O–H groups in total. The van der Waals surface area contributed by atoms with Crippen molar-refractivity contribution in [3.63, 3.8) is 0 Å². The number of rotatable bonds is 2. The summed E-state index contributed by atoms with van der Waals surface area (Å²) in [6, 6.07) is 21.4. The van der Waals surface area contributed by atoms with Crippen molar-refractivity contribution in [3.8, 4) is 0 Å². The Balaban J connectivity index is 1.25. The van der Waals surface area contributed by atoms with E-state index in [1.54, 1.807) is 42.5 Å². The molecule has 9 nitrogen and oxygen atoms in total. The predicted molar refractivity (Wildman–Crippen MR) is 173 cm³/mol. The predicted octanol–water partition coefficient (Wildman–Crippen LogP) is 5.72. The second kappa shape index (κ2) is 9.65. The minimum absolute atomic E-state index is 0.0278. The molecule has 0 fully saturated rings. The van der Waals surface area contributed by atoms with Gasteiger partial charge in [0.05, 0.1) is 49.5 Å². The Morgan fingerprint density at radius 3 is 1.78 bits per heavy atom. The van der Waals surface area contributed by atoms with Gasteiger partial charge in [-0.1, -0.05) is 60.1 Å². The number of carbonyl (C=O) groups excluding carboxylic acids is 5. The third-order valence-electron chi connectivity index (χ3n) is 8.60. The molecule has 0 aliphatic heterocycles. The summed E-state index contributed by atoms with van der Waals surface area (Å²) >= 11 is 6.54. The van der Waals surface area contributed by atoms with E-state index < -0.39 is 22.9 Å². The molecule has 220 valence electrons. The number of fused-ring (bicyclic) bond motifs is 7. The molecular formula is C36H18ClN3O6. The molecule has 0 saturated carbocycles. The number of benzene rings is 5.